The Morgan fingerprint density at radius 2 is 1.64 bits per heavy atom. The molecule has 3 aromatic carbocycles. The molecule has 0 saturated heterocycles. The van der Waals surface area contributed by atoms with Gasteiger partial charge < -0.3 is 10.6 Å². The van der Waals surface area contributed by atoms with Gasteiger partial charge in [0.05, 0.1) is 10.2 Å². The predicted octanol–water partition coefficient (Wildman–Crippen LogP) is 5.72. The molecule has 4 aromatic rings. The van der Waals surface area contributed by atoms with E-state index in [9.17, 15) is 4.79 Å². The van der Waals surface area contributed by atoms with Crippen molar-refractivity contribution in [1.29, 1.82) is 0 Å². The number of nitrogens with one attached hydrogen (secondary N) is 2. The number of anilines is 1. The number of hydrogen-bond donors (Lipinski definition) is 2. The highest BCUT2D eigenvalue weighted by molar-refractivity contribution is 7.21. The van der Waals surface area contributed by atoms with E-state index in [1.807, 2.05) is 60.7 Å². The molecule has 0 aliphatic rings. The number of thiazole rings is 1. The summed E-state index contributed by atoms with van der Waals surface area (Å²) in [6, 6.07) is 26.0. The highest BCUT2D eigenvalue weighted by Gasteiger charge is 2.07. The number of benzene rings is 3. The summed E-state index contributed by atoms with van der Waals surface area (Å²) in [5, 5.41) is 6.77. The van der Waals surface area contributed by atoms with Crippen molar-refractivity contribution in [2.24, 2.45) is 0 Å². The Balaban J connectivity index is 1.28. The molecule has 1 heterocycles. The fourth-order valence-corrected chi connectivity index (χ4v) is 3.98. The number of fused-ring (bicyclic) bond motifs is 1. The lowest BCUT2D eigenvalue weighted by molar-refractivity contribution is 0.252. The minimum atomic E-state index is -0.180. The number of nitrogens with zero attached hydrogens (tertiary/aromatic N) is 1. The second-order valence-electron chi connectivity index (χ2n) is 6.53. The summed E-state index contributed by atoms with van der Waals surface area (Å²) in [5.41, 5.74) is 4.12. The van der Waals surface area contributed by atoms with Crippen molar-refractivity contribution in [3.05, 3.63) is 84.4 Å². The van der Waals surface area contributed by atoms with E-state index in [0.29, 0.717) is 6.54 Å². The molecule has 4 nitrogen and oxygen atoms in total. The highest BCUT2D eigenvalue weighted by Crippen LogP contribution is 2.30. The molecule has 0 saturated carbocycles. The largest absolute Gasteiger partial charge is 0.338 e. The van der Waals surface area contributed by atoms with Gasteiger partial charge in [0.25, 0.3) is 0 Å². The van der Waals surface area contributed by atoms with Crippen LogP contribution in [0.2, 0.25) is 0 Å². The minimum absolute atomic E-state index is 0.180. The molecule has 4 rings (SSSR count). The van der Waals surface area contributed by atoms with Crippen LogP contribution in [0.15, 0.2) is 78.9 Å². The van der Waals surface area contributed by atoms with Crippen LogP contribution < -0.4 is 10.6 Å². The average Bonchev–Trinajstić information content (AvgIpc) is 3.17. The van der Waals surface area contributed by atoms with Crippen LogP contribution in [0.25, 0.3) is 20.8 Å². The molecule has 5 heteroatoms. The van der Waals surface area contributed by atoms with Gasteiger partial charge in [-0.1, -0.05) is 42.5 Å². The first kappa shape index (κ1) is 18.2. The molecule has 0 unspecified atom stereocenters. The molecule has 0 bridgehead atoms. The molecule has 0 spiro atoms. The molecule has 0 aliphatic heterocycles. The third kappa shape index (κ3) is 4.56. The van der Waals surface area contributed by atoms with Crippen LogP contribution >= 0.6 is 11.3 Å². The lowest BCUT2D eigenvalue weighted by Gasteiger charge is -2.08. The molecule has 0 fully saturated rings. The van der Waals surface area contributed by atoms with Crippen LogP contribution in [0.1, 0.15) is 12.0 Å². The number of carbonyl (C=O) groups is 1. The molecule has 1 aromatic heterocycles. The van der Waals surface area contributed by atoms with Gasteiger partial charge in [-0.3, -0.25) is 0 Å². The maximum Gasteiger partial charge on any atom is 0.319 e. The first-order valence-corrected chi connectivity index (χ1v) is 10.1. The molecule has 2 amide bonds. The Morgan fingerprint density at radius 3 is 2.43 bits per heavy atom. The van der Waals surface area contributed by atoms with Crippen molar-refractivity contribution in [3.63, 3.8) is 0 Å². The van der Waals surface area contributed by atoms with Gasteiger partial charge in [0.2, 0.25) is 0 Å². The molecule has 0 aliphatic carbocycles. The van der Waals surface area contributed by atoms with Crippen molar-refractivity contribution >= 4 is 33.3 Å². The fraction of sp³-hybridized carbons (Fsp3) is 0.130. The summed E-state index contributed by atoms with van der Waals surface area (Å²) < 4.78 is 1.18. The summed E-state index contributed by atoms with van der Waals surface area (Å²) in [5.74, 6) is 0. The Kier molecular flexibility index (Phi) is 5.64. The van der Waals surface area contributed by atoms with E-state index in [1.165, 1.54) is 10.3 Å². The van der Waals surface area contributed by atoms with E-state index in [4.69, 9.17) is 0 Å². The number of hydrogen-bond acceptors (Lipinski definition) is 3. The van der Waals surface area contributed by atoms with Crippen LogP contribution in [0, 0.1) is 0 Å². The molecular formula is C23H21N3OS. The zero-order chi connectivity index (χ0) is 19.2. The van der Waals surface area contributed by atoms with Crippen molar-refractivity contribution < 1.29 is 4.79 Å². The van der Waals surface area contributed by atoms with E-state index in [0.717, 1.165) is 34.6 Å². The summed E-state index contributed by atoms with van der Waals surface area (Å²) in [4.78, 5) is 16.7. The standard InChI is InChI=1S/C23H21N3OS/c27-23(24-16-6-9-17-7-2-1-3-8-17)25-19-14-12-18(13-15-19)22-26-20-10-4-5-11-21(20)28-22/h1-5,7-8,10-15H,6,9,16H2,(H2,24,25,27). The maximum absolute atomic E-state index is 12.1. The van der Waals surface area contributed by atoms with Gasteiger partial charge >= 0.3 is 6.03 Å². The normalized spacial score (nSPS) is 10.7. The van der Waals surface area contributed by atoms with Crippen molar-refractivity contribution in [3.8, 4) is 10.6 Å². The number of rotatable bonds is 6. The van der Waals surface area contributed by atoms with Crippen LogP contribution in [0.3, 0.4) is 0 Å². The zero-order valence-electron chi connectivity index (χ0n) is 15.4. The van der Waals surface area contributed by atoms with Gasteiger partial charge in [-0.05, 0) is 54.8 Å². The van der Waals surface area contributed by atoms with E-state index in [2.05, 4.69) is 33.8 Å². The van der Waals surface area contributed by atoms with Crippen molar-refractivity contribution in [1.82, 2.24) is 10.3 Å². The van der Waals surface area contributed by atoms with Gasteiger partial charge in [-0.15, -0.1) is 11.3 Å². The van der Waals surface area contributed by atoms with E-state index in [1.54, 1.807) is 11.3 Å². The minimum Gasteiger partial charge on any atom is -0.338 e. The van der Waals surface area contributed by atoms with Crippen LogP contribution in [0.5, 0.6) is 0 Å². The summed E-state index contributed by atoms with van der Waals surface area (Å²) >= 11 is 1.67. The SMILES string of the molecule is O=C(NCCCc1ccccc1)Nc1ccc(-c2nc3ccccc3s2)cc1. The summed E-state index contributed by atoms with van der Waals surface area (Å²) in [6.07, 6.45) is 1.87. The number of amides is 2. The Bertz CT molecular complexity index is 1030. The first-order valence-electron chi connectivity index (χ1n) is 9.33. The van der Waals surface area contributed by atoms with E-state index >= 15 is 0 Å². The molecule has 2 N–H and O–H groups in total. The van der Waals surface area contributed by atoms with E-state index in [-0.39, 0.29) is 6.03 Å². The Labute approximate surface area is 168 Å². The quantitative estimate of drug-likeness (QED) is 0.416. The average molecular weight is 388 g/mol. The van der Waals surface area contributed by atoms with Crippen molar-refractivity contribution in [2.45, 2.75) is 12.8 Å². The van der Waals surface area contributed by atoms with Gasteiger partial charge in [0.1, 0.15) is 5.01 Å². The topological polar surface area (TPSA) is 54.0 Å². The number of aryl methyl sites for hydroxylation is 1. The molecule has 0 atom stereocenters. The smallest absolute Gasteiger partial charge is 0.319 e. The first-order chi connectivity index (χ1) is 13.8. The predicted molar refractivity (Wildman–Crippen MR) is 117 cm³/mol. The molecule has 0 radical (unpaired) electrons. The summed E-state index contributed by atoms with van der Waals surface area (Å²) in [7, 11) is 0. The third-order valence-corrected chi connectivity index (χ3v) is 5.54. The summed E-state index contributed by atoms with van der Waals surface area (Å²) in [6.45, 7) is 0.643. The molecule has 140 valence electrons. The van der Waals surface area contributed by atoms with E-state index < -0.39 is 0 Å². The third-order valence-electron chi connectivity index (χ3n) is 4.45. The van der Waals surface area contributed by atoms with Gasteiger partial charge in [-0.25, -0.2) is 9.78 Å². The molecule has 28 heavy (non-hydrogen) atoms. The van der Waals surface area contributed by atoms with Crippen molar-refractivity contribution in [2.75, 3.05) is 11.9 Å². The van der Waals surface area contributed by atoms with Crippen LogP contribution in [0.4, 0.5) is 10.5 Å². The van der Waals surface area contributed by atoms with Crippen LogP contribution in [-0.2, 0) is 6.42 Å². The van der Waals surface area contributed by atoms with Gasteiger partial charge in [-0.2, -0.15) is 0 Å². The molecular weight excluding hydrogens is 366 g/mol. The highest BCUT2D eigenvalue weighted by atomic mass is 32.1. The zero-order valence-corrected chi connectivity index (χ0v) is 16.2. The van der Waals surface area contributed by atoms with Crippen LogP contribution in [-0.4, -0.2) is 17.6 Å². The van der Waals surface area contributed by atoms with Gasteiger partial charge in [0.15, 0.2) is 0 Å². The second kappa shape index (κ2) is 8.67. The number of aromatic nitrogens is 1. The fourth-order valence-electron chi connectivity index (χ4n) is 3.01. The second-order valence-corrected chi connectivity index (χ2v) is 7.56. The lowest BCUT2D eigenvalue weighted by Crippen LogP contribution is -2.29. The lowest BCUT2D eigenvalue weighted by atomic mass is 10.1. The Morgan fingerprint density at radius 1 is 0.893 bits per heavy atom. The monoisotopic (exact) mass is 387 g/mol. The maximum atomic E-state index is 12.1. The van der Waals surface area contributed by atoms with Gasteiger partial charge in [0, 0.05) is 17.8 Å². The number of carbonyl (C=O) groups excluding carboxylic acids is 1. The number of urea groups is 1. The number of para-hydroxylation sites is 1. The Hall–Kier alpha value is -3.18.